The van der Waals surface area contributed by atoms with Crippen molar-refractivity contribution in [2.24, 2.45) is 0 Å². The molecular formula is C11H21PSi. The van der Waals surface area contributed by atoms with Crippen LogP contribution in [0.4, 0.5) is 0 Å². The third-order valence-corrected chi connectivity index (χ3v) is 15.7. The molecular weight excluding hydrogens is 191 g/mol. The van der Waals surface area contributed by atoms with Crippen LogP contribution >= 0.6 is 7.47 Å². The molecule has 2 heteroatoms. The Morgan fingerprint density at radius 3 is 2.31 bits per heavy atom. The Balaban J connectivity index is 2.74. The van der Waals surface area contributed by atoms with Crippen molar-refractivity contribution in [1.29, 1.82) is 0 Å². The summed E-state index contributed by atoms with van der Waals surface area (Å²) in [4.78, 5) is 0. The van der Waals surface area contributed by atoms with Gasteiger partial charge in [0.15, 0.2) is 0 Å². The predicted molar refractivity (Wildman–Crippen MR) is 67.3 cm³/mol. The Labute approximate surface area is 84.7 Å². The van der Waals surface area contributed by atoms with Crippen molar-refractivity contribution in [3.8, 4) is 0 Å². The lowest BCUT2D eigenvalue weighted by molar-refractivity contribution is 1.36. The second-order valence-electron chi connectivity index (χ2n) is 4.06. The molecule has 1 aliphatic rings. The van der Waals surface area contributed by atoms with Crippen LogP contribution in [0, 0.1) is 0 Å². The van der Waals surface area contributed by atoms with Gasteiger partial charge in [-0.2, -0.15) is 0 Å². The van der Waals surface area contributed by atoms with Gasteiger partial charge in [-0.1, -0.05) is 50.4 Å². The first-order valence-corrected chi connectivity index (χ1v) is 10.8. The molecule has 0 atom stereocenters. The second-order valence-corrected chi connectivity index (χ2v) is 15.4. The van der Waals surface area contributed by atoms with Gasteiger partial charge in [0.2, 0.25) is 0 Å². The highest BCUT2D eigenvalue weighted by Gasteiger charge is 2.32. The normalized spacial score (nSPS) is 16.8. The van der Waals surface area contributed by atoms with Gasteiger partial charge in [0.25, 0.3) is 0 Å². The minimum Gasteiger partial charge on any atom is -0.114 e. The summed E-state index contributed by atoms with van der Waals surface area (Å²) < 4.78 is 0. The van der Waals surface area contributed by atoms with Crippen molar-refractivity contribution in [1.82, 2.24) is 0 Å². The van der Waals surface area contributed by atoms with Crippen molar-refractivity contribution in [3.05, 3.63) is 23.4 Å². The lowest BCUT2D eigenvalue weighted by Gasteiger charge is -2.33. The third kappa shape index (κ3) is 2.33. The van der Waals surface area contributed by atoms with Crippen molar-refractivity contribution in [2.75, 3.05) is 12.3 Å². The molecule has 1 aliphatic carbocycles. The zero-order chi connectivity index (χ0) is 9.90. The van der Waals surface area contributed by atoms with Gasteiger partial charge in [0.05, 0.1) is 0 Å². The topological polar surface area (TPSA) is 0 Å². The molecule has 1 rings (SSSR count). The fourth-order valence-electron chi connectivity index (χ4n) is 2.12. The van der Waals surface area contributed by atoms with Gasteiger partial charge in [-0.25, -0.2) is 0 Å². The smallest absolute Gasteiger partial charge is 0.102 e. The van der Waals surface area contributed by atoms with Crippen molar-refractivity contribution in [3.63, 3.8) is 0 Å². The van der Waals surface area contributed by atoms with Crippen LogP contribution in [0.5, 0.6) is 0 Å². The number of hydrogen-bond donors (Lipinski definition) is 0. The number of hydrogen-bond acceptors (Lipinski definition) is 0. The average molecular weight is 212 g/mol. The monoisotopic (exact) mass is 212 g/mol. The van der Waals surface area contributed by atoms with E-state index < -0.39 is 7.74 Å². The van der Waals surface area contributed by atoms with Gasteiger partial charge >= 0.3 is 0 Å². The zero-order valence-electron chi connectivity index (χ0n) is 9.30. The van der Waals surface area contributed by atoms with Gasteiger partial charge in [-0.15, -0.1) is 7.47 Å². The summed E-state index contributed by atoms with van der Waals surface area (Å²) in [6.07, 6.45) is 11.0. The Hall–Kier alpha value is 0.127. The highest BCUT2D eigenvalue weighted by Crippen LogP contribution is 2.50. The van der Waals surface area contributed by atoms with E-state index in [0.29, 0.717) is 7.47 Å². The lowest BCUT2D eigenvalue weighted by Crippen LogP contribution is -2.28. The molecule has 0 aliphatic heterocycles. The minimum atomic E-state index is -1.04. The molecule has 0 bridgehead atoms. The molecule has 0 N–H and O–H groups in total. The molecule has 0 amide bonds. The SMILES string of the molecule is CCP(CC)[Si](C)(C)C1=CC=CC1. The summed E-state index contributed by atoms with van der Waals surface area (Å²) in [6.45, 7) is 9.86. The maximum absolute atomic E-state index is 2.56. The first-order valence-electron chi connectivity index (χ1n) is 5.24. The van der Waals surface area contributed by atoms with E-state index in [1.165, 1.54) is 18.7 Å². The van der Waals surface area contributed by atoms with Crippen LogP contribution < -0.4 is 0 Å². The van der Waals surface area contributed by atoms with E-state index >= 15 is 0 Å². The maximum atomic E-state index is 2.56. The molecule has 0 heterocycles. The molecule has 0 aromatic heterocycles. The van der Waals surface area contributed by atoms with Crippen molar-refractivity contribution in [2.45, 2.75) is 33.4 Å². The molecule has 0 unspecified atom stereocenters. The van der Waals surface area contributed by atoms with E-state index in [1.54, 1.807) is 5.20 Å². The van der Waals surface area contributed by atoms with Crippen LogP contribution in [-0.2, 0) is 0 Å². The van der Waals surface area contributed by atoms with Gasteiger partial charge < -0.3 is 0 Å². The first-order chi connectivity index (χ1) is 6.12. The standard InChI is InChI=1S/C11H21PSi/c1-5-12(6-2)13(3,4)11-9-7-8-10-11/h7-9H,5-6,10H2,1-4H3. The summed E-state index contributed by atoms with van der Waals surface area (Å²) in [7, 11) is -0.716. The van der Waals surface area contributed by atoms with Crippen LogP contribution in [0.15, 0.2) is 23.4 Å². The van der Waals surface area contributed by atoms with Crippen LogP contribution in [0.2, 0.25) is 13.1 Å². The molecule has 0 aromatic rings. The summed E-state index contributed by atoms with van der Waals surface area (Å²) in [6, 6.07) is 0. The van der Waals surface area contributed by atoms with Crippen LogP contribution in [-0.4, -0.2) is 20.1 Å². The van der Waals surface area contributed by atoms with Gasteiger partial charge in [0, 0.05) is 0 Å². The number of rotatable bonds is 4. The fraction of sp³-hybridized carbons (Fsp3) is 0.636. The summed E-state index contributed by atoms with van der Waals surface area (Å²) in [5, 5.41) is 1.78. The predicted octanol–water partition coefficient (Wildman–Crippen LogP) is 4.14. The van der Waals surface area contributed by atoms with E-state index in [9.17, 15) is 0 Å². The Kier molecular flexibility index (Phi) is 3.94. The molecule has 0 nitrogen and oxygen atoms in total. The minimum absolute atomic E-state index is 0.320. The Morgan fingerprint density at radius 2 is 1.92 bits per heavy atom. The molecule has 0 radical (unpaired) electrons. The third-order valence-electron chi connectivity index (χ3n) is 3.11. The van der Waals surface area contributed by atoms with Crippen LogP contribution in [0.3, 0.4) is 0 Å². The maximum Gasteiger partial charge on any atom is 0.102 e. The summed E-state index contributed by atoms with van der Waals surface area (Å²) in [5.41, 5.74) is 0. The van der Waals surface area contributed by atoms with E-state index in [2.05, 4.69) is 45.2 Å². The largest absolute Gasteiger partial charge is 0.114 e. The Bertz CT molecular complexity index is 224. The van der Waals surface area contributed by atoms with E-state index in [4.69, 9.17) is 0 Å². The molecule has 13 heavy (non-hydrogen) atoms. The van der Waals surface area contributed by atoms with E-state index in [-0.39, 0.29) is 0 Å². The van der Waals surface area contributed by atoms with E-state index in [1.807, 2.05) is 0 Å². The summed E-state index contributed by atoms with van der Waals surface area (Å²) >= 11 is 0. The van der Waals surface area contributed by atoms with Gasteiger partial charge in [0.1, 0.15) is 7.74 Å². The molecule has 74 valence electrons. The second kappa shape index (κ2) is 4.57. The average Bonchev–Trinajstić information content (AvgIpc) is 2.58. The van der Waals surface area contributed by atoms with Crippen LogP contribution in [0.1, 0.15) is 20.3 Å². The van der Waals surface area contributed by atoms with Crippen LogP contribution in [0.25, 0.3) is 0 Å². The summed E-state index contributed by atoms with van der Waals surface area (Å²) in [5.74, 6) is 0. The highest BCUT2D eigenvalue weighted by molar-refractivity contribution is 7.95. The molecule has 0 saturated heterocycles. The lowest BCUT2D eigenvalue weighted by atomic mass is 10.5. The molecule has 0 spiro atoms. The zero-order valence-corrected chi connectivity index (χ0v) is 11.2. The van der Waals surface area contributed by atoms with E-state index in [0.717, 1.165) is 0 Å². The Morgan fingerprint density at radius 1 is 1.31 bits per heavy atom. The molecule has 0 aromatic carbocycles. The highest BCUT2D eigenvalue weighted by atomic mass is 31.4. The van der Waals surface area contributed by atoms with Crippen molar-refractivity contribution >= 4 is 15.2 Å². The molecule has 0 fully saturated rings. The number of allylic oxidation sites excluding steroid dienone is 4. The quantitative estimate of drug-likeness (QED) is 0.485. The fourth-order valence-corrected chi connectivity index (χ4v) is 12.1. The van der Waals surface area contributed by atoms with Gasteiger partial charge in [-0.05, 0) is 18.7 Å². The van der Waals surface area contributed by atoms with Gasteiger partial charge in [-0.3, -0.25) is 0 Å². The van der Waals surface area contributed by atoms with Crippen molar-refractivity contribution < 1.29 is 0 Å². The first kappa shape index (κ1) is 11.2. The molecule has 0 saturated carbocycles.